The summed E-state index contributed by atoms with van der Waals surface area (Å²) in [5.41, 5.74) is 5.66. The summed E-state index contributed by atoms with van der Waals surface area (Å²) in [6.45, 7) is 2.85. The standard InChI is InChI=1S/C11H18N4O/c1-16-7-9-3-2-4-15(6-9)11-5-10(12)13-8-14-11/h5,8-9H,2-4,6-7H2,1H3,(H2,12,13,14). The zero-order valence-corrected chi connectivity index (χ0v) is 9.59. The highest BCUT2D eigenvalue weighted by Gasteiger charge is 2.20. The summed E-state index contributed by atoms with van der Waals surface area (Å²) < 4.78 is 5.21. The normalized spacial score (nSPS) is 21.1. The third-order valence-corrected chi connectivity index (χ3v) is 2.92. The predicted molar refractivity (Wildman–Crippen MR) is 63.3 cm³/mol. The molecule has 88 valence electrons. The van der Waals surface area contributed by atoms with Gasteiger partial charge in [-0.25, -0.2) is 9.97 Å². The largest absolute Gasteiger partial charge is 0.384 e. The van der Waals surface area contributed by atoms with Gasteiger partial charge in [-0.2, -0.15) is 0 Å². The zero-order chi connectivity index (χ0) is 11.4. The molecule has 0 spiro atoms. The van der Waals surface area contributed by atoms with E-state index in [1.54, 1.807) is 7.11 Å². The molecule has 0 aromatic carbocycles. The summed E-state index contributed by atoms with van der Waals surface area (Å²) in [6, 6.07) is 1.83. The van der Waals surface area contributed by atoms with Crippen LogP contribution < -0.4 is 10.6 Å². The Labute approximate surface area is 95.6 Å². The van der Waals surface area contributed by atoms with Crippen molar-refractivity contribution < 1.29 is 4.74 Å². The van der Waals surface area contributed by atoms with Crippen molar-refractivity contribution in [2.24, 2.45) is 5.92 Å². The number of hydrogen-bond acceptors (Lipinski definition) is 5. The van der Waals surface area contributed by atoms with Gasteiger partial charge in [0.05, 0.1) is 6.61 Å². The van der Waals surface area contributed by atoms with Gasteiger partial charge in [0.2, 0.25) is 0 Å². The number of ether oxygens (including phenoxy) is 1. The van der Waals surface area contributed by atoms with Gasteiger partial charge in [-0.15, -0.1) is 0 Å². The van der Waals surface area contributed by atoms with Gasteiger partial charge < -0.3 is 15.4 Å². The summed E-state index contributed by atoms with van der Waals surface area (Å²) in [5.74, 6) is 2.04. The quantitative estimate of drug-likeness (QED) is 0.824. The number of hydrogen-bond donors (Lipinski definition) is 1. The SMILES string of the molecule is COCC1CCCN(c2cc(N)ncn2)C1. The highest BCUT2D eigenvalue weighted by Crippen LogP contribution is 2.22. The molecule has 1 aromatic heterocycles. The average Bonchev–Trinajstić information content (AvgIpc) is 2.30. The van der Waals surface area contributed by atoms with Crippen molar-refractivity contribution in [1.82, 2.24) is 9.97 Å². The molecule has 1 aromatic rings. The fraction of sp³-hybridized carbons (Fsp3) is 0.636. The van der Waals surface area contributed by atoms with Crippen molar-refractivity contribution in [2.45, 2.75) is 12.8 Å². The second-order valence-corrected chi connectivity index (χ2v) is 4.21. The molecule has 2 rings (SSSR count). The van der Waals surface area contributed by atoms with Crippen molar-refractivity contribution in [3.63, 3.8) is 0 Å². The van der Waals surface area contributed by atoms with Crippen LogP contribution in [0.5, 0.6) is 0 Å². The molecule has 1 aliphatic rings. The minimum atomic E-state index is 0.527. The molecule has 0 amide bonds. The van der Waals surface area contributed by atoms with Crippen LogP contribution in [0.4, 0.5) is 11.6 Å². The molecule has 1 atom stereocenters. The van der Waals surface area contributed by atoms with Crippen LogP contribution in [0.25, 0.3) is 0 Å². The molecule has 2 N–H and O–H groups in total. The van der Waals surface area contributed by atoms with Crippen LogP contribution in [0.15, 0.2) is 12.4 Å². The van der Waals surface area contributed by atoms with Crippen LogP contribution in [0.1, 0.15) is 12.8 Å². The van der Waals surface area contributed by atoms with E-state index < -0.39 is 0 Å². The van der Waals surface area contributed by atoms with E-state index in [2.05, 4.69) is 14.9 Å². The summed E-state index contributed by atoms with van der Waals surface area (Å²) in [6.07, 6.45) is 3.92. The Morgan fingerprint density at radius 1 is 1.56 bits per heavy atom. The molecule has 5 heteroatoms. The van der Waals surface area contributed by atoms with Crippen LogP contribution in [-0.4, -0.2) is 36.8 Å². The lowest BCUT2D eigenvalue weighted by atomic mass is 9.99. The summed E-state index contributed by atoms with van der Waals surface area (Å²) in [4.78, 5) is 10.4. The van der Waals surface area contributed by atoms with Gasteiger partial charge in [0.25, 0.3) is 0 Å². The molecule has 0 aliphatic carbocycles. The van der Waals surface area contributed by atoms with E-state index >= 15 is 0 Å². The third kappa shape index (κ3) is 2.61. The monoisotopic (exact) mass is 222 g/mol. The molecule has 0 saturated carbocycles. The molecular formula is C11H18N4O. The second kappa shape index (κ2) is 5.12. The first-order chi connectivity index (χ1) is 7.79. The van der Waals surface area contributed by atoms with E-state index in [1.165, 1.54) is 19.2 Å². The lowest BCUT2D eigenvalue weighted by Crippen LogP contribution is -2.37. The number of nitrogen functional groups attached to an aromatic ring is 1. The number of anilines is 2. The number of piperidine rings is 1. The molecular weight excluding hydrogens is 204 g/mol. The first-order valence-corrected chi connectivity index (χ1v) is 5.61. The minimum absolute atomic E-state index is 0.527. The van der Waals surface area contributed by atoms with Gasteiger partial charge in [0, 0.05) is 26.3 Å². The number of methoxy groups -OCH3 is 1. The van der Waals surface area contributed by atoms with E-state index in [0.29, 0.717) is 11.7 Å². The van der Waals surface area contributed by atoms with Crippen molar-refractivity contribution in [2.75, 3.05) is 37.4 Å². The van der Waals surface area contributed by atoms with Crippen LogP contribution in [0.2, 0.25) is 0 Å². The van der Waals surface area contributed by atoms with E-state index in [4.69, 9.17) is 10.5 Å². The Hall–Kier alpha value is -1.36. The van der Waals surface area contributed by atoms with Crippen molar-refractivity contribution in [3.05, 3.63) is 12.4 Å². The van der Waals surface area contributed by atoms with Gasteiger partial charge in [-0.05, 0) is 18.8 Å². The van der Waals surface area contributed by atoms with Crippen molar-refractivity contribution >= 4 is 11.6 Å². The maximum Gasteiger partial charge on any atom is 0.134 e. The molecule has 0 bridgehead atoms. The predicted octanol–water partition coefficient (Wildman–Crippen LogP) is 0.922. The Morgan fingerprint density at radius 2 is 2.44 bits per heavy atom. The number of aromatic nitrogens is 2. The van der Waals surface area contributed by atoms with E-state index in [1.807, 2.05) is 6.07 Å². The van der Waals surface area contributed by atoms with Gasteiger partial charge in [-0.1, -0.05) is 0 Å². The minimum Gasteiger partial charge on any atom is -0.384 e. The van der Waals surface area contributed by atoms with E-state index in [0.717, 1.165) is 25.5 Å². The molecule has 16 heavy (non-hydrogen) atoms. The number of nitrogens with zero attached hydrogens (tertiary/aromatic N) is 3. The lowest BCUT2D eigenvalue weighted by Gasteiger charge is -2.33. The average molecular weight is 222 g/mol. The highest BCUT2D eigenvalue weighted by molar-refractivity contribution is 5.46. The number of nitrogens with two attached hydrogens (primary N) is 1. The van der Waals surface area contributed by atoms with Crippen LogP contribution in [-0.2, 0) is 4.74 Å². The lowest BCUT2D eigenvalue weighted by molar-refractivity contribution is 0.143. The Bertz CT molecular complexity index is 343. The molecule has 1 aliphatic heterocycles. The molecule has 1 fully saturated rings. The smallest absolute Gasteiger partial charge is 0.134 e. The van der Waals surface area contributed by atoms with Crippen molar-refractivity contribution in [1.29, 1.82) is 0 Å². The first-order valence-electron chi connectivity index (χ1n) is 5.61. The summed E-state index contributed by atoms with van der Waals surface area (Å²) in [5, 5.41) is 0. The molecule has 1 saturated heterocycles. The maximum atomic E-state index is 5.66. The van der Waals surface area contributed by atoms with Gasteiger partial charge in [0.15, 0.2) is 0 Å². The molecule has 2 heterocycles. The molecule has 5 nitrogen and oxygen atoms in total. The van der Waals surface area contributed by atoms with Gasteiger partial charge in [-0.3, -0.25) is 0 Å². The zero-order valence-electron chi connectivity index (χ0n) is 9.59. The fourth-order valence-corrected chi connectivity index (χ4v) is 2.18. The summed E-state index contributed by atoms with van der Waals surface area (Å²) >= 11 is 0. The highest BCUT2D eigenvalue weighted by atomic mass is 16.5. The molecule has 1 unspecified atom stereocenters. The summed E-state index contributed by atoms with van der Waals surface area (Å²) in [7, 11) is 1.75. The van der Waals surface area contributed by atoms with Crippen LogP contribution in [0.3, 0.4) is 0 Å². The fourth-order valence-electron chi connectivity index (χ4n) is 2.18. The van der Waals surface area contributed by atoms with Gasteiger partial charge >= 0.3 is 0 Å². The van der Waals surface area contributed by atoms with Crippen molar-refractivity contribution in [3.8, 4) is 0 Å². The molecule has 0 radical (unpaired) electrons. The third-order valence-electron chi connectivity index (χ3n) is 2.92. The van der Waals surface area contributed by atoms with E-state index in [-0.39, 0.29) is 0 Å². The Morgan fingerprint density at radius 3 is 3.19 bits per heavy atom. The van der Waals surface area contributed by atoms with Crippen LogP contribution >= 0.6 is 0 Å². The van der Waals surface area contributed by atoms with Gasteiger partial charge in [0.1, 0.15) is 18.0 Å². The topological polar surface area (TPSA) is 64.3 Å². The van der Waals surface area contributed by atoms with E-state index in [9.17, 15) is 0 Å². The van der Waals surface area contributed by atoms with Crippen LogP contribution in [0, 0.1) is 5.92 Å². The second-order valence-electron chi connectivity index (χ2n) is 4.21. The Kier molecular flexibility index (Phi) is 3.56. The first kappa shape index (κ1) is 11.1. The maximum absolute atomic E-state index is 5.66. The Balaban J connectivity index is 2.03. The number of rotatable bonds is 3.